The number of amides is 2. The summed E-state index contributed by atoms with van der Waals surface area (Å²) >= 11 is 0. The normalized spacial score (nSPS) is 21.7. The molecule has 2 aliphatic heterocycles. The van der Waals surface area contributed by atoms with Crippen molar-refractivity contribution in [2.45, 2.75) is 26.2 Å². The molecule has 0 aromatic heterocycles. The third-order valence-electron chi connectivity index (χ3n) is 4.99. The minimum absolute atomic E-state index is 0.0484. The Morgan fingerprint density at radius 1 is 1.22 bits per heavy atom. The second kappa shape index (κ2) is 7.13. The van der Waals surface area contributed by atoms with Gasteiger partial charge in [0.2, 0.25) is 11.8 Å². The van der Waals surface area contributed by atoms with Crippen LogP contribution in [0.1, 0.15) is 25.3 Å². The summed E-state index contributed by atoms with van der Waals surface area (Å²) in [6.07, 6.45) is 1.83. The lowest BCUT2D eigenvalue weighted by molar-refractivity contribution is -0.133. The van der Waals surface area contributed by atoms with Gasteiger partial charge < -0.3 is 15.1 Å². The van der Waals surface area contributed by atoms with Crippen molar-refractivity contribution in [3.8, 4) is 0 Å². The molecule has 1 aromatic rings. The second-order valence-corrected chi connectivity index (χ2v) is 6.40. The van der Waals surface area contributed by atoms with Crippen LogP contribution in [0.25, 0.3) is 0 Å². The Kier molecular flexibility index (Phi) is 4.96. The van der Waals surface area contributed by atoms with E-state index in [0.717, 1.165) is 44.8 Å². The van der Waals surface area contributed by atoms with Gasteiger partial charge in [-0.3, -0.25) is 9.59 Å². The number of hydrogen-bond donors (Lipinski definition) is 1. The molecule has 23 heavy (non-hydrogen) atoms. The van der Waals surface area contributed by atoms with Crippen molar-refractivity contribution in [1.29, 1.82) is 0 Å². The number of nitrogens with one attached hydrogen (secondary N) is 1. The summed E-state index contributed by atoms with van der Waals surface area (Å²) in [4.78, 5) is 28.9. The molecular weight excluding hydrogens is 290 g/mol. The molecule has 5 nitrogen and oxygen atoms in total. The van der Waals surface area contributed by atoms with Gasteiger partial charge in [0, 0.05) is 44.2 Å². The largest absolute Gasteiger partial charge is 0.340 e. The van der Waals surface area contributed by atoms with Crippen LogP contribution < -0.4 is 5.32 Å². The number of carbonyl (C=O) groups is 2. The Hall–Kier alpha value is -1.88. The molecular formula is C18H25N3O2. The molecule has 0 spiro atoms. The maximum atomic E-state index is 12.4. The van der Waals surface area contributed by atoms with Crippen molar-refractivity contribution >= 4 is 17.5 Å². The molecule has 1 saturated heterocycles. The van der Waals surface area contributed by atoms with Crippen molar-refractivity contribution in [2.75, 3.05) is 38.0 Å². The van der Waals surface area contributed by atoms with Crippen LogP contribution in [0.15, 0.2) is 24.3 Å². The summed E-state index contributed by atoms with van der Waals surface area (Å²) in [5.74, 6) is 0.144. The van der Waals surface area contributed by atoms with Crippen molar-refractivity contribution < 1.29 is 9.59 Å². The molecule has 124 valence electrons. The molecule has 5 heteroatoms. The van der Waals surface area contributed by atoms with Crippen LogP contribution in [0.5, 0.6) is 0 Å². The zero-order chi connectivity index (χ0) is 16.2. The number of nitrogens with zero attached hydrogens (tertiary/aromatic N) is 2. The average molecular weight is 315 g/mol. The van der Waals surface area contributed by atoms with E-state index in [2.05, 4.69) is 17.1 Å². The van der Waals surface area contributed by atoms with Gasteiger partial charge in [0.15, 0.2) is 0 Å². The van der Waals surface area contributed by atoms with Crippen LogP contribution >= 0.6 is 0 Å². The van der Waals surface area contributed by atoms with E-state index in [1.165, 1.54) is 5.56 Å². The maximum absolute atomic E-state index is 12.4. The van der Waals surface area contributed by atoms with E-state index >= 15 is 0 Å². The van der Waals surface area contributed by atoms with Gasteiger partial charge in [-0.15, -0.1) is 0 Å². The number of benzene rings is 1. The first kappa shape index (κ1) is 16.0. The number of anilines is 1. The van der Waals surface area contributed by atoms with E-state index in [4.69, 9.17) is 0 Å². The molecule has 1 unspecified atom stereocenters. The molecule has 2 aliphatic rings. The number of hydrogen-bond acceptors (Lipinski definition) is 3. The molecule has 1 atom stereocenters. The molecule has 2 amide bonds. The Morgan fingerprint density at radius 3 is 2.70 bits per heavy atom. The quantitative estimate of drug-likeness (QED) is 0.921. The number of fused-ring (bicyclic) bond motifs is 1. The minimum Gasteiger partial charge on any atom is -0.340 e. The summed E-state index contributed by atoms with van der Waals surface area (Å²) in [5.41, 5.74) is 2.08. The lowest BCUT2D eigenvalue weighted by Gasteiger charge is -2.34. The van der Waals surface area contributed by atoms with Gasteiger partial charge in [-0.05, 0) is 31.0 Å². The van der Waals surface area contributed by atoms with Crippen LogP contribution in [0.4, 0.5) is 5.69 Å². The lowest BCUT2D eigenvalue weighted by Crippen LogP contribution is -2.48. The van der Waals surface area contributed by atoms with Gasteiger partial charge in [-0.25, -0.2) is 0 Å². The van der Waals surface area contributed by atoms with Crippen molar-refractivity contribution in [3.05, 3.63) is 29.8 Å². The van der Waals surface area contributed by atoms with Crippen LogP contribution in [-0.4, -0.2) is 54.3 Å². The van der Waals surface area contributed by atoms with Crippen molar-refractivity contribution in [3.63, 3.8) is 0 Å². The van der Waals surface area contributed by atoms with E-state index in [9.17, 15) is 9.59 Å². The zero-order valence-electron chi connectivity index (χ0n) is 13.8. The van der Waals surface area contributed by atoms with Gasteiger partial charge in [0.25, 0.3) is 0 Å². The van der Waals surface area contributed by atoms with E-state index in [1.807, 2.05) is 29.2 Å². The fraction of sp³-hybridized carbons (Fsp3) is 0.556. The molecule has 0 bridgehead atoms. The summed E-state index contributed by atoms with van der Waals surface area (Å²) in [5, 5.41) is 2.96. The predicted octanol–water partition coefficient (Wildman–Crippen LogP) is 1.74. The van der Waals surface area contributed by atoms with E-state index in [1.54, 1.807) is 0 Å². The van der Waals surface area contributed by atoms with Crippen LogP contribution in [0, 0.1) is 5.92 Å². The van der Waals surface area contributed by atoms with Crippen LogP contribution in [-0.2, 0) is 16.0 Å². The Labute approximate surface area is 137 Å². The first-order valence-corrected chi connectivity index (χ1v) is 8.56. The molecule has 1 aromatic carbocycles. The van der Waals surface area contributed by atoms with Crippen molar-refractivity contribution in [2.24, 2.45) is 5.92 Å². The number of rotatable bonds is 4. The average Bonchev–Trinajstić information content (AvgIpc) is 2.59. The standard InChI is InChI=1S/C18H25N3O2/c1-2-20-9-11-21(12-10-20)17(22)8-7-15-13-14-5-3-4-6-16(14)19-18(15)23/h3-6,15H,2,7-13H2,1H3,(H,19,23). The highest BCUT2D eigenvalue weighted by molar-refractivity contribution is 5.96. The number of carbonyl (C=O) groups excluding carboxylic acids is 2. The second-order valence-electron chi connectivity index (χ2n) is 6.40. The fourth-order valence-corrected chi connectivity index (χ4v) is 3.42. The Morgan fingerprint density at radius 2 is 1.96 bits per heavy atom. The van der Waals surface area contributed by atoms with Gasteiger partial charge in [0.1, 0.15) is 0 Å². The van der Waals surface area contributed by atoms with E-state index in [-0.39, 0.29) is 17.7 Å². The predicted molar refractivity (Wildman–Crippen MR) is 90.2 cm³/mol. The molecule has 0 aliphatic carbocycles. The molecule has 1 fully saturated rings. The summed E-state index contributed by atoms with van der Waals surface area (Å²) in [6.45, 7) is 6.73. The Bertz CT molecular complexity index is 579. The number of piperazine rings is 1. The third kappa shape index (κ3) is 3.72. The fourth-order valence-electron chi connectivity index (χ4n) is 3.42. The minimum atomic E-state index is -0.0919. The first-order chi connectivity index (χ1) is 11.2. The van der Waals surface area contributed by atoms with Gasteiger partial charge in [-0.2, -0.15) is 0 Å². The highest BCUT2D eigenvalue weighted by Gasteiger charge is 2.27. The summed E-state index contributed by atoms with van der Waals surface area (Å²) < 4.78 is 0. The van der Waals surface area contributed by atoms with Crippen LogP contribution in [0.3, 0.4) is 0 Å². The lowest BCUT2D eigenvalue weighted by atomic mass is 9.89. The van der Waals surface area contributed by atoms with Crippen LogP contribution in [0.2, 0.25) is 0 Å². The molecule has 1 N–H and O–H groups in total. The topological polar surface area (TPSA) is 52.6 Å². The monoisotopic (exact) mass is 315 g/mol. The SMILES string of the molecule is CCN1CCN(C(=O)CCC2Cc3ccccc3NC2=O)CC1. The highest BCUT2D eigenvalue weighted by atomic mass is 16.2. The smallest absolute Gasteiger partial charge is 0.227 e. The molecule has 2 heterocycles. The van der Waals surface area contributed by atoms with Gasteiger partial charge >= 0.3 is 0 Å². The van der Waals surface area contributed by atoms with Crippen molar-refractivity contribution in [1.82, 2.24) is 9.80 Å². The molecule has 3 rings (SSSR count). The third-order valence-corrected chi connectivity index (χ3v) is 4.99. The summed E-state index contributed by atoms with van der Waals surface area (Å²) in [6, 6.07) is 7.90. The maximum Gasteiger partial charge on any atom is 0.227 e. The number of likely N-dealkylation sites (N-methyl/N-ethyl adjacent to an activating group) is 1. The van der Waals surface area contributed by atoms with E-state index < -0.39 is 0 Å². The molecule has 0 radical (unpaired) electrons. The highest BCUT2D eigenvalue weighted by Crippen LogP contribution is 2.27. The number of para-hydroxylation sites is 1. The Balaban J connectivity index is 1.51. The summed E-state index contributed by atoms with van der Waals surface area (Å²) in [7, 11) is 0. The zero-order valence-corrected chi connectivity index (χ0v) is 13.8. The van der Waals surface area contributed by atoms with Gasteiger partial charge in [0.05, 0.1) is 0 Å². The molecule has 0 saturated carbocycles. The van der Waals surface area contributed by atoms with E-state index in [0.29, 0.717) is 12.8 Å². The van der Waals surface area contributed by atoms with Gasteiger partial charge in [-0.1, -0.05) is 25.1 Å². The first-order valence-electron chi connectivity index (χ1n) is 8.56.